The SMILES string of the molecule is CCN(CC)CCNC(=O)c1ccc(NC(=O)[C@@H](Cc2ccccc2)NC(=O)c2cccs2)cc1. The number of nitrogens with one attached hydrogen (secondary N) is 3. The Kier molecular flexibility index (Phi) is 10.0. The van der Waals surface area contributed by atoms with E-state index in [0.29, 0.717) is 29.1 Å². The number of carbonyl (C=O) groups excluding carboxylic acids is 3. The summed E-state index contributed by atoms with van der Waals surface area (Å²) in [4.78, 5) is 40.9. The van der Waals surface area contributed by atoms with E-state index in [-0.39, 0.29) is 17.7 Å². The van der Waals surface area contributed by atoms with Crippen molar-refractivity contribution in [3.8, 4) is 0 Å². The summed E-state index contributed by atoms with van der Waals surface area (Å²) in [5, 5.41) is 10.5. The highest BCUT2D eigenvalue weighted by Crippen LogP contribution is 2.13. The maximum Gasteiger partial charge on any atom is 0.262 e. The van der Waals surface area contributed by atoms with Gasteiger partial charge in [-0.1, -0.05) is 50.2 Å². The highest BCUT2D eigenvalue weighted by atomic mass is 32.1. The molecular formula is C27H32N4O3S. The zero-order valence-electron chi connectivity index (χ0n) is 20.1. The molecule has 0 aliphatic heterocycles. The molecule has 3 amide bonds. The second kappa shape index (κ2) is 13.4. The van der Waals surface area contributed by atoms with Gasteiger partial charge in [-0.05, 0) is 54.4 Å². The summed E-state index contributed by atoms with van der Waals surface area (Å²) in [6.07, 6.45) is 0.358. The average molecular weight is 493 g/mol. The van der Waals surface area contributed by atoms with Crippen LogP contribution in [0.3, 0.4) is 0 Å². The predicted octanol–water partition coefficient (Wildman–Crippen LogP) is 3.80. The number of anilines is 1. The molecule has 1 atom stereocenters. The lowest BCUT2D eigenvalue weighted by molar-refractivity contribution is -0.118. The quantitative estimate of drug-likeness (QED) is 0.359. The molecule has 0 unspecified atom stereocenters. The van der Waals surface area contributed by atoms with Crippen molar-refractivity contribution in [3.63, 3.8) is 0 Å². The molecule has 8 heteroatoms. The Labute approximate surface area is 210 Å². The van der Waals surface area contributed by atoms with Crippen LogP contribution in [0.15, 0.2) is 72.1 Å². The van der Waals surface area contributed by atoms with Gasteiger partial charge in [0.25, 0.3) is 11.8 Å². The molecule has 0 aliphatic rings. The molecule has 0 saturated heterocycles. The van der Waals surface area contributed by atoms with Crippen LogP contribution in [-0.2, 0) is 11.2 Å². The summed E-state index contributed by atoms with van der Waals surface area (Å²) in [7, 11) is 0. The Morgan fingerprint density at radius 2 is 1.60 bits per heavy atom. The Bertz CT molecular complexity index is 1080. The zero-order valence-corrected chi connectivity index (χ0v) is 20.9. The maximum atomic E-state index is 13.1. The summed E-state index contributed by atoms with van der Waals surface area (Å²) < 4.78 is 0. The van der Waals surface area contributed by atoms with E-state index in [2.05, 4.69) is 34.7 Å². The van der Waals surface area contributed by atoms with Crippen molar-refractivity contribution >= 4 is 34.7 Å². The van der Waals surface area contributed by atoms with Crippen LogP contribution in [0.25, 0.3) is 0 Å². The van der Waals surface area contributed by atoms with Crippen molar-refractivity contribution in [3.05, 3.63) is 88.1 Å². The predicted molar refractivity (Wildman–Crippen MR) is 141 cm³/mol. The molecule has 1 heterocycles. The lowest BCUT2D eigenvalue weighted by Crippen LogP contribution is -2.45. The fourth-order valence-electron chi connectivity index (χ4n) is 3.60. The number of nitrogens with zero attached hydrogens (tertiary/aromatic N) is 1. The van der Waals surface area contributed by atoms with E-state index in [1.165, 1.54) is 11.3 Å². The van der Waals surface area contributed by atoms with Gasteiger partial charge >= 0.3 is 0 Å². The van der Waals surface area contributed by atoms with Crippen molar-refractivity contribution in [2.24, 2.45) is 0 Å². The molecule has 0 saturated carbocycles. The van der Waals surface area contributed by atoms with Crippen LogP contribution in [0, 0.1) is 0 Å². The van der Waals surface area contributed by atoms with Gasteiger partial charge in [0, 0.05) is 30.8 Å². The number of thiophene rings is 1. The topological polar surface area (TPSA) is 90.5 Å². The lowest BCUT2D eigenvalue weighted by Gasteiger charge is -2.19. The van der Waals surface area contributed by atoms with Crippen LogP contribution < -0.4 is 16.0 Å². The summed E-state index contributed by atoms with van der Waals surface area (Å²) in [6, 6.07) is 19.1. The van der Waals surface area contributed by atoms with Crippen LogP contribution >= 0.6 is 11.3 Å². The first-order chi connectivity index (χ1) is 17.0. The molecule has 0 spiro atoms. The summed E-state index contributed by atoms with van der Waals surface area (Å²) in [5.74, 6) is -0.761. The molecule has 7 nitrogen and oxygen atoms in total. The summed E-state index contributed by atoms with van der Waals surface area (Å²) in [5.41, 5.74) is 2.02. The molecule has 3 aromatic rings. The number of rotatable bonds is 12. The van der Waals surface area contributed by atoms with Crippen molar-refractivity contribution in [2.45, 2.75) is 26.3 Å². The minimum absolute atomic E-state index is 0.153. The van der Waals surface area contributed by atoms with Crippen LogP contribution in [0.1, 0.15) is 39.4 Å². The normalized spacial score (nSPS) is 11.6. The minimum atomic E-state index is -0.755. The van der Waals surface area contributed by atoms with Gasteiger partial charge in [-0.25, -0.2) is 0 Å². The van der Waals surface area contributed by atoms with Gasteiger partial charge in [-0.15, -0.1) is 11.3 Å². The second-order valence-electron chi connectivity index (χ2n) is 8.04. The summed E-state index contributed by atoms with van der Waals surface area (Å²) >= 11 is 1.32. The Balaban J connectivity index is 1.61. The number of hydrogen-bond donors (Lipinski definition) is 3. The van der Waals surface area contributed by atoms with Crippen LogP contribution in [0.2, 0.25) is 0 Å². The first-order valence-corrected chi connectivity index (χ1v) is 12.7. The average Bonchev–Trinajstić information content (AvgIpc) is 3.42. The lowest BCUT2D eigenvalue weighted by atomic mass is 10.0. The Hall–Kier alpha value is -3.49. The van der Waals surface area contributed by atoms with Gasteiger partial charge in [0.15, 0.2) is 0 Å². The first kappa shape index (κ1) is 26.1. The second-order valence-corrected chi connectivity index (χ2v) is 8.99. The number of carbonyl (C=O) groups is 3. The molecule has 3 rings (SSSR count). The molecule has 0 bridgehead atoms. The molecule has 1 aromatic heterocycles. The molecular weight excluding hydrogens is 460 g/mol. The van der Waals surface area contributed by atoms with Gasteiger partial charge in [-0.2, -0.15) is 0 Å². The third kappa shape index (κ3) is 8.05. The van der Waals surface area contributed by atoms with Crippen LogP contribution in [-0.4, -0.2) is 54.8 Å². The molecule has 0 radical (unpaired) electrons. The molecule has 2 aromatic carbocycles. The third-order valence-corrected chi connectivity index (χ3v) is 6.54. The highest BCUT2D eigenvalue weighted by molar-refractivity contribution is 7.12. The smallest absolute Gasteiger partial charge is 0.262 e. The zero-order chi connectivity index (χ0) is 25.0. The number of amides is 3. The van der Waals surface area contributed by atoms with Crippen LogP contribution in [0.4, 0.5) is 5.69 Å². The third-order valence-electron chi connectivity index (χ3n) is 5.67. The van der Waals surface area contributed by atoms with Gasteiger partial charge < -0.3 is 20.9 Å². The van der Waals surface area contributed by atoms with E-state index >= 15 is 0 Å². The Morgan fingerprint density at radius 3 is 2.23 bits per heavy atom. The van der Waals surface area contributed by atoms with Crippen LogP contribution in [0.5, 0.6) is 0 Å². The van der Waals surface area contributed by atoms with Gasteiger partial charge in [0.2, 0.25) is 5.91 Å². The van der Waals surface area contributed by atoms with Crippen molar-refractivity contribution < 1.29 is 14.4 Å². The van der Waals surface area contributed by atoms with E-state index in [1.807, 2.05) is 35.7 Å². The van der Waals surface area contributed by atoms with Crippen molar-refractivity contribution in [2.75, 3.05) is 31.5 Å². The molecule has 35 heavy (non-hydrogen) atoms. The van der Waals surface area contributed by atoms with Gasteiger partial charge in [0.05, 0.1) is 4.88 Å². The number of likely N-dealkylation sites (N-methyl/N-ethyl adjacent to an activating group) is 1. The van der Waals surface area contributed by atoms with E-state index in [4.69, 9.17) is 0 Å². The number of hydrogen-bond acceptors (Lipinski definition) is 5. The summed E-state index contributed by atoms with van der Waals surface area (Å²) in [6.45, 7) is 7.45. The number of benzene rings is 2. The van der Waals surface area contributed by atoms with Gasteiger partial charge in [0.1, 0.15) is 6.04 Å². The minimum Gasteiger partial charge on any atom is -0.351 e. The molecule has 0 aliphatic carbocycles. The molecule has 0 fully saturated rings. The van der Waals surface area contributed by atoms with E-state index in [1.54, 1.807) is 36.4 Å². The molecule has 184 valence electrons. The fourth-order valence-corrected chi connectivity index (χ4v) is 4.23. The standard InChI is InChI=1S/C27H32N4O3S/c1-3-31(4-2)17-16-28-25(32)21-12-14-22(15-13-21)29-26(33)23(19-20-9-6-5-7-10-20)30-27(34)24-11-8-18-35-24/h5-15,18,23H,3-4,16-17,19H2,1-2H3,(H,28,32)(H,29,33)(H,30,34)/t23-/m1/s1. The fraction of sp³-hybridized carbons (Fsp3) is 0.296. The van der Waals surface area contributed by atoms with E-state index < -0.39 is 6.04 Å². The Morgan fingerprint density at radius 1 is 0.886 bits per heavy atom. The molecule has 3 N–H and O–H groups in total. The van der Waals surface area contributed by atoms with Gasteiger partial charge in [-0.3, -0.25) is 14.4 Å². The highest BCUT2D eigenvalue weighted by Gasteiger charge is 2.22. The monoisotopic (exact) mass is 492 g/mol. The van der Waals surface area contributed by atoms with Crippen molar-refractivity contribution in [1.29, 1.82) is 0 Å². The van der Waals surface area contributed by atoms with E-state index in [0.717, 1.165) is 25.2 Å². The van der Waals surface area contributed by atoms with E-state index in [9.17, 15) is 14.4 Å². The largest absolute Gasteiger partial charge is 0.351 e. The van der Waals surface area contributed by atoms with Crippen molar-refractivity contribution in [1.82, 2.24) is 15.5 Å². The first-order valence-electron chi connectivity index (χ1n) is 11.8. The maximum absolute atomic E-state index is 13.1.